The van der Waals surface area contributed by atoms with Gasteiger partial charge in [-0.05, 0) is 54.4 Å². The van der Waals surface area contributed by atoms with Gasteiger partial charge in [-0.25, -0.2) is 9.59 Å². The molecule has 0 radical (unpaired) electrons. The minimum atomic E-state index is -0.917. The minimum absolute atomic E-state index is 0.0401. The fourth-order valence-electron chi connectivity index (χ4n) is 6.21. The lowest BCUT2D eigenvalue weighted by atomic mass is 9.98. The fraction of sp³-hybridized carbons (Fsp3) is 0.455. The quantitative estimate of drug-likeness (QED) is 0.348. The van der Waals surface area contributed by atoms with E-state index in [-0.39, 0.29) is 63.0 Å². The highest BCUT2D eigenvalue weighted by molar-refractivity contribution is 5.86. The molecule has 3 atom stereocenters. The lowest BCUT2D eigenvalue weighted by molar-refractivity contribution is -0.146. The van der Waals surface area contributed by atoms with Gasteiger partial charge in [-0.3, -0.25) is 9.59 Å². The largest absolute Gasteiger partial charge is 0.462 e. The van der Waals surface area contributed by atoms with Crippen molar-refractivity contribution in [3.63, 3.8) is 0 Å². The van der Waals surface area contributed by atoms with E-state index in [1.54, 1.807) is 4.90 Å². The molecule has 3 aliphatic rings. The molecule has 1 saturated heterocycles. The lowest BCUT2D eigenvalue weighted by Gasteiger charge is -2.25. The Bertz CT molecular complexity index is 1310. The summed E-state index contributed by atoms with van der Waals surface area (Å²) in [6, 6.07) is 15.0. The molecule has 0 spiro atoms. The van der Waals surface area contributed by atoms with Crippen LogP contribution in [-0.2, 0) is 23.9 Å². The second kappa shape index (κ2) is 14.3. The van der Waals surface area contributed by atoms with Crippen molar-refractivity contribution in [3.05, 3.63) is 71.8 Å². The number of carbonyl (C=O) groups is 4. The van der Waals surface area contributed by atoms with E-state index in [4.69, 9.17) is 9.47 Å². The third-order valence-electron chi connectivity index (χ3n) is 8.48. The molecule has 2 aromatic rings. The molecule has 0 unspecified atom stereocenters. The standard InChI is InChI=1S/C33H39N3O7/c37-20-23-10-8-17-36(23)30(38)19-22-9-2-1-3-15-29(32(40)42-18-16-34-31(22)39)35-33(41)43-21-28-26-13-6-4-11-24(26)25-12-5-7-14-27(25)28/h1-2,4-7,11-14,22-23,28-29,37H,3,8-10,15-21H2,(H,34,39)(H,35,41)/t22-,23+,29+/m1/s1. The van der Waals surface area contributed by atoms with Crippen LogP contribution < -0.4 is 10.6 Å². The van der Waals surface area contributed by atoms with Crippen molar-refractivity contribution in [3.8, 4) is 11.1 Å². The maximum atomic E-state index is 12.9. The van der Waals surface area contributed by atoms with Crippen molar-refractivity contribution >= 4 is 23.9 Å². The molecular weight excluding hydrogens is 550 g/mol. The van der Waals surface area contributed by atoms with Gasteiger partial charge in [0.25, 0.3) is 0 Å². The van der Waals surface area contributed by atoms with Crippen molar-refractivity contribution < 1.29 is 33.8 Å². The highest BCUT2D eigenvalue weighted by Crippen LogP contribution is 2.44. The Morgan fingerprint density at radius 1 is 1.02 bits per heavy atom. The second-order valence-corrected chi connectivity index (χ2v) is 11.2. The number of aliphatic hydroxyl groups excluding tert-OH is 1. The van der Waals surface area contributed by atoms with Gasteiger partial charge in [0, 0.05) is 18.9 Å². The number of rotatable bonds is 6. The van der Waals surface area contributed by atoms with E-state index < -0.39 is 24.0 Å². The van der Waals surface area contributed by atoms with Crippen LogP contribution in [-0.4, -0.2) is 78.9 Å². The Labute approximate surface area is 251 Å². The maximum Gasteiger partial charge on any atom is 0.407 e. The van der Waals surface area contributed by atoms with E-state index in [2.05, 4.69) is 22.8 Å². The summed E-state index contributed by atoms with van der Waals surface area (Å²) in [5.41, 5.74) is 4.45. The zero-order chi connectivity index (χ0) is 30.2. The number of hydrogen-bond donors (Lipinski definition) is 3. The summed E-state index contributed by atoms with van der Waals surface area (Å²) < 4.78 is 11.0. The second-order valence-electron chi connectivity index (χ2n) is 11.2. The van der Waals surface area contributed by atoms with Crippen LogP contribution in [0.25, 0.3) is 11.1 Å². The van der Waals surface area contributed by atoms with Crippen LogP contribution in [0.5, 0.6) is 0 Å². The van der Waals surface area contributed by atoms with Gasteiger partial charge in [0.1, 0.15) is 19.3 Å². The number of nitrogens with zero attached hydrogens (tertiary/aromatic N) is 1. The molecule has 0 aromatic heterocycles. The molecule has 0 bridgehead atoms. The first-order chi connectivity index (χ1) is 21.0. The maximum absolute atomic E-state index is 12.9. The molecule has 10 nitrogen and oxygen atoms in total. The number of aliphatic hydroxyl groups is 1. The van der Waals surface area contributed by atoms with E-state index >= 15 is 0 Å². The van der Waals surface area contributed by atoms with Crippen molar-refractivity contribution in [1.82, 2.24) is 15.5 Å². The van der Waals surface area contributed by atoms with Crippen LogP contribution in [0.15, 0.2) is 60.7 Å². The van der Waals surface area contributed by atoms with E-state index in [9.17, 15) is 24.3 Å². The first-order valence-corrected chi connectivity index (χ1v) is 15.1. The first kappa shape index (κ1) is 30.3. The van der Waals surface area contributed by atoms with Crippen LogP contribution in [0.4, 0.5) is 4.79 Å². The molecule has 2 heterocycles. The summed E-state index contributed by atoms with van der Waals surface area (Å²) in [5, 5.41) is 15.0. The molecule has 10 heteroatoms. The summed E-state index contributed by atoms with van der Waals surface area (Å²) in [7, 11) is 0. The molecule has 228 valence electrons. The number of nitrogens with one attached hydrogen (secondary N) is 2. The zero-order valence-corrected chi connectivity index (χ0v) is 24.2. The Balaban J connectivity index is 1.16. The van der Waals surface area contributed by atoms with Gasteiger partial charge in [-0.2, -0.15) is 0 Å². The summed E-state index contributed by atoms with van der Waals surface area (Å²) in [6.07, 6.45) is 5.70. The van der Waals surface area contributed by atoms with Gasteiger partial charge in [0.15, 0.2) is 0 Å². The number of allylic oxidation sites excluding steroid dienone is 2. The summed E-state index contributed by atoms with van der Waals surface area (Å²) in [4.78, 5) is 53.1. The predicted molar refractivity (Wildman–Crippen MR) is 159 cm³/mol. The summed E-state index contributed by atoms with van der Waals surface area (Å²) >= 11 is 0. The predicted octanol–water partition coefficient (Wildman–Crippen LogP) is 3.28. The Hall–Kier alpha value is -4.18. The van der Waals surface area contributed by atoms with Crippen LogP contribution in [0.2, 0.25) is 0 Å². The summed E-state index contributed by atoms with van der Waals surface area (Å²) in [6.45, 7) is 0.644. The van der Waals surface area contributed by atoms with Gasteiger partial charge >= 0.3 is 12.1 Å². The third kappa shape index (κ3) is 7.25. The van der Waals surface area contributed by atoms with Crippen molar-refractivity contribution in [2.75, 3.05) is 32.9 Å². The SMILES string of the molecule is O=C(N[C@H]1CCC=CC[C@H](CC(=O)N2CCC[C@H]2CO)C(=O)NCCOC1=O)OCC1c2ccccc2-c2ccccc21. The zero-order valence-electron chi connectivity index (χ0n) is 24.2. The minimum Gasteiger partial charge on any atom is -0.462 e. The van der Waals surface area contributed by atoms with Crippen molar-refractivity contribution in [2.24, 2.45) is 5.92 Å². The highest BCUT2D eigenvalue weighted by Gasteiger charge is 2.32. The highest BCUT2D eigenvalue weighted by atomic mass is 16.6. The number of hydrogen-bond acceptors (Lipinski definition) is 7. The van der Waals surface area contributed by atoms with E-state index in [1.807, 2.05) is 48.6 Å². The molecular formula is C33H39N3O7. The lowest BCUT2D eigenvalue weighted by Crippen LogP contribution is -2.43. The van der Waals surface area contributed by atoms with Gasteiger partial charge in [0.2, 0.25) is 11.8 Å². The van der Waals surface area contributed by atoms with E-state index in [0.717, 1.165) is 35.1 Å². The number of fused-ring (bicyclic) bond motifs is 3. The van der Waals surface area contributed by atoms with Crippen molar-refractivity contribution in [1.29, 1.82) is 0 Å². The fourth-order valence-corrected chi connectivity index (χ4v) is 6.21. The van der Waals surface area contributed by atoms with Crippen LogP contribution in [0.1, 0.15) is 55.6 Å². The van der Waals surface area contributed by atoms with Crippen LogP contribution in [0, 0.1) is 5.92 Å². The Morgan fingerprint density at radius 2 is 1.74 bits per heavy atom. The number of benzene rings is 2. The third-order valence-corrected chi connectivity index (χ3v) is 8.48. The van der Waals surface area contributed by atoms with E-state index in [0.29, 0.717) is 19.4 Å². The van der Waals surface area contributed by atoms with Gasteiger partial charge in [-0.15, -0.1) is 0 Å². The van der Waals surface area contributed by atoms with Gasteiger partial charge in [-0.1, -0.05) is 60.7 Å². The van der Waals surface area contributed by atoms with E-state index in [1.165, 1.54) is 0 Å². The number of likely N-dealkylation sites (tertiary alicyclic amines) is 1. The average molecular weight is 590 g/mol. The van der Waals surface area contributed by atoms with Gasteiger partial charge < -0.3 is 30.1 Å². The molecule has 43 heavy (non-hydrogen) atoms. The molecule has 1 aliphatic carbocycles. The molecule has 5 rings (SSSR count). The van der Waals surface area contributed by atoms with Crippen LogP contribution in [0.3, 0.4) is 0 Å². The molecule has 1 fully saturated rings. The number of carbonyl (C=O) groups excluding carboxylic acids is 4. The number of cyclic esters (lactones) is 1. The monoisotopic (exact) mass is 589 g/mol. The topological polar surface area (TPSA) is 134 Å². The molecule has 0 saturated carbocycles. The van der Waals surface area contributed by atoms with Gasteiger partial charge in [0.05, 0.1) is 25.1 Å². The molecule has 2 aromatic carbocycles. The molecule has 3 N–H and O–H groups in total. The number of ether oxygens (including phenoxy) is 2. The Morgan fingerprint density at radius 3 is 2.47 bits per heavy atom. The normalized spacial score (nSPS) is 22.7. The molecule has 3 amide bonds. The average Bonchev–Trinajstić information content (AvgIpc) is 3.63. The first-order valence-electron chi connectivity index (χ1n) is 15.1. The summed E-state index contributed by atoms with van der Waals surface area (Å²) in [5.74, 6) is -1.72. The Kier molecular flexibility index (Phi) is 10.1. The number of alkyl carbamates (subject to hydrolysis) is 1. The van der Waals surface area contributed by atoms with Crippen LogP contribution >= 0.6 is 0 Å². The number of esters is 1. The van der Waals surface area contributed by atoms with Crippen molar-refractivity contribution in [2.45, 2.75) is 56.5 Å². The molecule has 2 aliphatic heterocycles. The smallest absolute Gasteiger partial charge is 0.407 e. The number of amides is 3.